The highest BCUT2D eigenvalue weighted by Crippen LogP contribution is 2.51. The van der Waals surface area contributed by atoms with E-state index >= 15 is 0 Å². The molecule has 0 saturated heterocycles. The molecular formula is C18H21ClN4S. The molecule has 1 saturated carbocycles. The van der Waals surface area contributed by atoms with E-state index in [0.717, 1.165) is 18.1 Å². The summed E-state index contributed by atoms with van der Waals surface area (Å²) in [7, 11) is 1.79. The van der Waals surface area contributed by atoms with Crippen LogP contribution in [0.2, 0.25) is 5.15 Å². The van der Waals surface area contributed by atoms with Crippen LogP contribution in [0.4, 0.5) is 0 Å². The van der Waals surface area contributed by atoms with Gasteiger partial charge >= 0.3 is 0 Å². The molecule has 0 atom stereocenters. The standard InChI is InChI=1S/C18H21ClN4S/c1-20-17(22-12-14-7-8-16(19)21-11-14)23-13-18(9-10-18)24-15-5-3-2-4-6-15/h2-8,11H,9-10,12-13H2,1H3,(H2,20,22,23). The molecule has 0 spiro atoms. The third kappa shape index (κ3) is 4.89. The molecule has 0 unspecified atom stereocenters. The van der Waals surface area contributed by atoms with Gasteiger partial charge in [-0.2, -0.15) is 0 Å². The van der Waals surface area contributed by atoms with Crippen LogP contribution in [0.25, 0.3) is 0 Å². The van der Waals surface area contributed by atoms with Crippen molar-refractivity contribution in [2.24, 2.45) is 4.99 Å². The summed E-state index contributed by atoms with van der Waals surface area (Å²) in [6.07, 6.45) is 4.24. The van der Waals surface area contributed by atoms with Gasteiger partial charge in [0.1, 0.15) is 5.15 Å². The molecular weight excluding hydrogens is 340 g/mol. The van der Waals surface area contributed by atoms with Crippen molar-refractivity contribution in [1.29, 1.82) is 0 Å². The molecule has 2 N–H and O–H groups in total. The minimum atomic E-state index is 0.292. The van der Waals surface area contributed by atoms with E-state index in [-0.39, 0.29) is 0 Å². The number of hydrogen-bond acceptors (Lipinski definition) is 3. The Bertz CT molecular complexity index is 684. The van der Waals surface area contributed by atoms with Crippen LogP contribution in [0.15, 0.2) is 58.5 Å². The number of thioether (sulfide) groups is 1. The fraction of sp³-hybridized carbons (Fsp3) is 0.333. The van der Waals surface area contributed by atoms with E-state index in [2.05, 4.69) is 50.9 Å². The highest BCUT2D eigenvalue weighted by Gasteiger charge is 2.43. The minimum Gasteiger partial charge on any atom is -0.355 e. The van der Waals surface area contributed by atoms with Gasteiger partial charge in [-0.05, 0) is 36.6 Å². The number of halogens is 1. The predicted octanol–water partition coefficient (Wildman–Crippen LogP) is 3.72. The van der Waals surface area contributed by atoms with Crippen LogP contribution in [-0.4, -0.2) is 29.3 Å². The van der Waals surface area contributed by atoms with E-state index in [9.17, 15) is 0 Å². The Balaban J connectivity index is 1.48. The van der Waals surface area contributed by atoms with Crippen molar-refractivity contribution in [3.8, 4) is 0 Å². The maximum Gasteiger partial charge on any atom is 0.191 e. The Morgan fingerprint density at radius 2 is 2.00 bits per heavy atom. The Kier molecular flexibility index (Phi) is 5.63. The van der Waals surface area contributed by atoms with Gasteiger partial charge in [0.15, 0.2) is 5.96 Å². The van der Waals surface area contributed by atoms with Gasteiger partial charge in [0.25, 0.3) is 0 Å². The summed E-state index contributed by atoms with van der Waals surface area (Å²) < 4.78 is 0.292. The molecule has 0 aliphatic heterocycles. The second-order valence-electron chi connectivity index (χ2n) is 5.87. The van der Waals surface area contributed by atoms with Crippen molar-refractivity contribution < 1.29 is 0 Å². The molecule has 6 heteroatoms. The smallest absolute Gasteiger partial charge is 0.191 e. The first kappa shape index (κ1) is 17.1. The van der Waals surface area contributed by atoms with Crippen LogP contribution in [0, 0.1) is 0 Å². The predicted molar refractivity (Wildman–Crippen MR) is 102 cm³/mol. The average Bonchev–Trinajstić information content (AvgIpc) is 3.37. The van der Waals surface area contributed by atoms with Gasteiger partial charge < -0.3 is 10.6 Å². The summed E-state index contributed by atoms with van der Waals surface area (Å²) in [6.45, 7) is 1.58. The van der Waals surface area contributed by atoms with E-state index in [1.165, 1.54) is 17.7 Å². The number of guanidine groups is 1. The normalized spacial score (nSPS) is 15.8. The first-order chi connectivity index (χ1) is 11.7. The Morgan fingerprint density at radius 1 is 1.21 bits per heavy atom. The molecule has 0 bridgehead atoms. The summed E-state index contributed by atoms with van der Waals surface area (Å²) in [5.41, 5.74) is 1.07. The second kappa shape index (κ2) is 7.90. The third-order valence-electron chi connectivity index (χ3n) is 3.94. The minimum absolute atomic E-state index is 0.292. The number of hydrogen-bond donors (Lipinski definition) is 2. The lowest BCUT2D eigenvalue weighted by Crippen LogP contribution is -2.40. The summed E-state index contributed by atoms with van der Waals surface area (Å²) in [5, 5.41) is 7.27. The number of aliphatic imine (C=N–C) groups is 1. The lowest BCUT2D eigenvalue weighted by molar-refractivity contribution is 0.765. The van der Waals surface area contributed by atoms with Gasteiger partial charge in [0.05, 0.1) is 0 Å². The largest absolute Gasteiger partial charge is 0.355 e. The number of nitrogens with zero attached hydrogens (tertiary/aromatic N) is 2. The zero-order chi connectivity index (χ0) is 16.8. The van der Waals surface area contributed by atoms with E-state index in [1.807, 2.05) is 17.8 Å². The Hall–Kier alpha value is -1.72. The molecule has 1 aliphatic carbocycles. The van der Waals surface area contributed by atoms with Crippen LogP contribution in [0.1, 0.15) is 18.4 Å². The molecule has 1 aromatic carbocycles. The molecule has 24 heavy (non-hydrogen) atoms. The van der Waals surface area contributed by atoms with Crippen LogP contribution in [0.3, 0.4) is 0 Å². The topological polar surface area (TPSA) is 49.3 Å². The molecule has 2 aromatic rings. The van der Waals surface area contributed by atoms with E-state index in [4.69, 9.17) is 11.6 Å². The SMILES string of the molecule is CN=C(NCc1ccc(Cl)nc1)NCC1(Sc2ccccc2)CC1. The number of benzene rings is 1. The van der Waals surface area contributed by atoms with Crippen molar-refractivity contribution in [2.75, 3.05) is 13.6 Å². The monoisotopic (exact) mass is 360 g/mol. The van der Waals surface area contributed by atoms with E-state index in [1.54, 1.807) is 19.3 Å². The molecule has 3 rings (SSSR count). The fourth-order valence-corrected chi connectivity index (χ4v) is 3.71. The van der Waals surface area contributed by atoms with Crippen LogP contribution >= 0.6 is 23.4 Å². The molecule has 1 fully saturated rings. The van der Waals surface area contributed by atoms with E-state index < -0.39 is 0 Å². The van der Waals surface area contributed by atoms with Crippen LogP contribution in [-0.2, 0) is 6.54 Å². The van der Waals surface area contributed by atoms with Gasteiger partial charge in [0, 0.05) is 36.0 Å². The molecule has 1 aromatic heterocycles. The molecule has 0 radical (unpaired) electrons. The Morgan fingerprint density at radius 3 is 2.62 bits per heavy atom. The van der Waals surface area contributed by atoms with Crippen LogP contribution < -0.4 is 10.6 Å². The summed E-state index contributed by atoms with van der Waals surface area (Å²) in [4.78, 5) is 9.71. The number of pyridine rings is 1. The first-order valence-corrected chi connectivity index (χ1v) is 9.18. The fourth-order valence-electron chi connectivity index (χ4n) is 2.36. The number of rotatable bonds is 6. The van der Waals surface area contributed by atoms with Crippen molar-refractivity contribution >= 4 is 29.3 Å². The van der Waals surface area contributed by atoms with Gasteiger partial charge in [-0.1, -0.05) is 35.9 Å². The summed E-state index contributed by atoms with van der Waals surface area (Å²) in [5.74, 6) is 0.810. The average molecular weight is 361 g/mol. The first-order valence-electron chi connectivity index (χ1n) is 7.98. The summed E-state index contributed by atoms with van der Waals surface area (Å²) in [6, 6.07) is 14.3. The molecule has 126 valence electrons. The number of aromatic nitrogens is 1. The Labute approximate surface area is 152 Å². The lowest BCUT2D eigenvalue weighted by atomic mass is 10.3. The van der Waals surface area contributed by atoms with Crippen molar-refractivity contribution in [3.63, 3.8) is 0 Å². The third-order valence-corrected chi connectivity index (χ3v) is 5.65. The second-order valence-corrected chi connectivity index (χ2v) is 7.80. The molecule has 4 nitrogen and oxygen atoms in total. The highest BCUT2D eigenvalue weighted by atomic mass is 35.5. The maximum atomic E-state index is 5.81. The van der Waals surface area contributed by atoms with Gasteiger partial charge in [-0.25, -0.2) is 4.98 Å². The van der Waals surface area contributed by atoms with Gasteiger partial charge in [-0.15, -0.1) is 11.8 Å². The molecule has 1 aliphatic rings. The van der Waals surface area contributed by atoms with Gasteiger partial charge in [0.2, 0.25) is 0 Å². The zero-order valence-corrected chi connectivity index (χ0v) is 15.2. The number of nitrogens with one attached hydrogen (secondary N) is 2. The quantitative estimate of drug-likeness (QED) is 0.468. The maximum absolute atomic E-state index is 5.81. The van der Waals surface area contributed by atoms with Crippen molar-refractivity contribution in [2.45, 2.75) is 29.0 Å². The zero-order valence-electron chi connectivity index (χ0n) is 13.6. The summed E-state index contributed by atoms with van der Waals surface area (Å²) >= 11 is 7.76. The van der Waals surface area contributed by atoms with Crippen molar-refractivity contribution in [3.05, 3.63) is 59.4 Å². The van der Waals surface area contributed by atoms with Gasteiger partial charge in [-0.3, -0.25) is 4.99 Å². The lowest BCUT2D eigenvalue weighted by Gasteiger charge is -2.18. The highest BCUT2D eigenvalue weighted by molar-refractivity contribution is 8.01. The molecule has 0 amide bonds. The molecule has 1 heterocycles. The van der Waals surface area contributed by atoms with E-state index in [0.29, 0.717) is 16.4 Å². The van der Waals surface area contributed by atoms with Crippen LogP contribution in [0.5, 0.6) is 0 Å². The van der Waals surface area contributed by atoms with Crippen molar-refractivity contribution in [1.82, 2.24) is 15.6 Å².